The molecule has 0 fully saturated rings. The van der Waals surface area contributed by atoms with Gasteiger partial charge in [0.25, 0.3) is 5.91 Å². The Morgan fingerprint density at radius 3 is 2.63 bits per heavy atom. The van der Waals surface area contributed by atoms with Crippen LogP contribution in [0.25, 0.3) is 0 Å². The zero-order valence-electron chi connectivity index (χ0n) is 22.4. The van der Waals surface area contributed by atoms with E-state index < -0.39 is 11.4 Å². The molecule has 202 valence electrons. The van der Waals surface area contributed by atoms with E-state index in [-0.39, 0.29) is 18.3 Å². The Labute approximate surface area is 222 Å². The highest BCUT2D eigenvalue weighted by Gasteiger charge is 2.30. The van der Waals surface area contributed by atoms with E-state index in [9.17, 15) is 9.18 Å². The van der Waals surface area contributed by atoms with Crippen LogP contribution in [0, 0.1) is 11.6 Å². The van der Waals surface area contributed by atoms with Crippen molar-refractivity contribution in [3.8, 4) is 5.75 Å². The highest BCUT2D eigenvalue weighted by atomic mass is 19.1. The minimum absolute atomic E-state index is 0.119. The number of pyridine rings is 1. The Bertz CT molecular complexity index is 1290. The van der Waals surface area contributed by atoms with Gasteiger partial charge in [0, 0.05) is 51.3 Å². The fourth-order valence-electron chi connectivity index (χ4n) is 4.61. The van der Waals surface area contributed by atoms with Crippen LogP contribution < -0.4 is 20.3 Å². The van der Waals surface area contributed by atoms with Gasteiger partial charge in [0.15, 0.2) is 0 Å². The van der Waals surface area contributed by atoms with Crippen molar-refractivity contribution in [2.45, 2.75) is 32.4 Å². The number of carbonyl (C=O) groups excluding carboxylic acids is 1. The van der Waals surface area contributed by atoms with E-state index >= 15 is 4.39 Å². The van der Waals surface area contributed by atoms with Gasteiger partial charge in [-0.15, -0.1) is 0 Å². The average molecular weight is 524 g/mol. The average Bonchev–Trinajstić information content (AvgIpc) is 3.01. The molecule has 3 aromatic rings. The lowest BCUT2D eigenvalue weighted by atomic mass is 9.92. The Morgan fingerprint density at radius 2 is 1.92 bits per heavy atom. The van der Waals surface area contributed by atoms with E-state index in [1.807, 2.05) is 32.8 Å². The zero-order valence-corrected chi connectivity index (χ0v) is 22.4. The van der Waals surface area contributed by atoms with Crippen molar-refractivity contribution in [1.29, 1.82) is 0 Å². The SMILES string of the molecule is CCNc1ccc2c(n1)N(C)CCN(Cc1ccc(O[C@](C)(CCNC)c3cccc(F)c3)cc1F)C2=O. The van der Waals surface area contributed by atoms with Gasteiger partial charge in [-0.05, 0) is 63.3 Å². The second kappa shape index (κ2) is 11.8. The standard InChI is InChI=1S/C29H35F2N5O2/c1-5-33-26-12-11-24-27(34-26)35(4)15-16-36(28(24)37)19-20-9-10-23(18-25(20)31)38-29(2,13-14-32-3)21-7-6-8-22(30)17-21/h6-12,17-18,32H,5,13-16,19H2,1-4H3,(H,33,34)/t29-/m1/s1. The molecule has 2 heterocycles. The van der Waals surface area contributed by atoms with E-state index in [2.05, 4.69) is 15.6 Å². The molecule has 1 atom stereocenters. The number of halogens is 2. The second-order valence-electron chi connectivity index (χ2n) is 9.70. The summed E-state index contributed by atoms with van der Waals surface area (Å²) in [5, 5.41) is 6.26. The number of hydrogen-bond donors (Lipinski definition) is 2. The molecule has 0 unspecified atom stereocenters. The van der Waals surface area contributed by atoms with Crippen molar-refractivity contribution in [2.75, 3.05) is 50.5 Å². The molecule has 1 aliphatic rings. The van der Waals surface area contributed by atoms with E-state index in [0.717, 1.165) is 6.54 Å². The molecule has 2 aromatic carbocycles. The van der Waals surface area contributed by atoms with Gasteiger partial charge in [0.1, 0.15) is 34.6 Å². The van der Waals surface area contributed by atoms with Gasteiger partial charge in [-0.25, -0.2) is 13.8 Å². The predicted molar refractivity (Wildman–Crippen MR) is 146 cm³/mol. The molecule has 9 heteroatoms. The number of likely N-dealkylation sites (N-methyl/N-ethyl adjacent to an activating group) is 1. The Kier molecular flexibility index (Phi) is 8.46. The van der Waals surface area contributed by atoms with Crippen LogP contribution in [0.3, 0.4) is 0 Å². The normalized spacial score (nSPS) is 15.1. The maximum Gasteiger partial charge on any atom is 0.257 e. The first-order valence-corrected chi connectivity index (χ1v) is 12.9. The Balaban J connectivity index is 1.54. The summed E-state index contributed by atoms with van der Waals surface area (Å²) in [5.41, 5.74) is 0.673. The van der Waals surface area contributed by atoms with Crippen molar-refractivity contribution in [3.05, 3.63) is 82.9 Å². The molecular formula is C29H35F2N5O2. The van der Waals surface area contributed by atoms with Crippen molar-refractivity contribution >= 4 is 17.5 Å². The molecule has 0 bridgehead atoms. The Morgan fingerprint density at radius 1 is 1.11 bits per heavy atom. The summed E-state index contributed by atoms with van der Waals surface area (Å²) in [4.78, 5) is 21.5. The summed E-state index contributed by atoms with van der Waals surface area (Å²) in [7, 11) is 3.73. The van der Waals surface area contributed by atoms with Crippen LogP contribution in [-0.4, -0.2) is 56.1 Å². The highest BCUT2D eigenvalue weighted by molar-refractivity contribution is 5.99. The fourth-order valence-corrected chi connectivity index (χ4v) is 4.61. The van der Waals surface area contributed by atoms with E-state index in [4.69, 9.17) is 4.74 Å². The molecule has 0 aliphatic carbocycles. The molecule has 0 radical (unpaired) electrons. The lowest BCUT2D eigenvalue weighted by molar-refractivity contribution is 0.0751. The van der Waals surface area contributed by atoms with E-state index in [1.54, 1.807) is 41.3 Å². The van der Waals surface area contributed by atoms with Gasteiger partial charge in [-0.2, -0.15) is 0 Å². The first kappa shape index (κ1) is 27.3. The number of nitrogens with one attached hydrogen (secondary N) is 2. The summed E-state index contributed by atoms with van der Waals surface area (Å²) < 4.78 is 35.5. The van der Waals surface area contributed by atoms with Crippen LogP contribution in [0.15, 0.2) is 54.6 Å². The van der Waals surface area contributed by atoms with Gasteiger partial charge in [0.2, 0.25) is 0 Å². The molecule has 0 saturated heterocycles. The summed E-state index contributed by atoms with van der Waals surface area (Å²) in [6.45, 7) is 6.33. The predicted octanol–water partition coefficient (Wildman–Crippen LogP) is 4.79. The number of carbonyl (C=O) groups is 1. The first-order valence-electron chi connectivity index (χ1n) is 12.9. The van der Waals surface area contributed by atoms with Crippen LogP contribution in [-0.2, 0) is 12.1 Å². The number of amides is 1. The van der Waals surface area contributed by atoms with Crippen LogP contribution in [0.1, 0.15) is 41.8 Å². The van der Waals surface area contributed by atoms with Gasteiger partial charge < -0.3 is 25.2 Å². The van der Waals surface area contributed by atoms with Crippen LogP contribution >= 0.6 is 0 Å². The van der Waals surface area contributed by atoms with Gasteiger partial charge in [-0.3, -0.25) is 4.79 Å². The van der Waals surface area contributed by atoms with Crippen molar-refractivity contribution in [1.82, 2.24) is 15.2 Å². The molecule has 1 aromatic heterocycles. The summed E-state index contributed by atoms with van der Waals surface area (Å²) in [6, 6.07) is 14.5. The van der Waals surface area contributed by atoms with Crippen molar-refractivity contribution < 1.29 is 18.3 Å². The van der Waals surface area contributed by atoms with Crippen LogP contribution in [0.5, 0.6) is 5.75 Å². The number of nitrogens with zero attached hydrogens (tertiary/aromatic N) is 3. The third-order valence-corrected chi connectivity index (χ3v) is 6.83. The molecular weight excluding hydrogens is 488 g/mol. The summed E-state index contributed by atoms with van der Waals surface area (Å²) in [6.07, 6.45) is 0.551. The topological polar surface area (TPSA) is 69.7 Å². The van der Waals surface area contributed by atoms with Crippen LogP contribution in [0.2, 0.25) is 0 Å². The Hall–Kier alpha value is -3.72. The molecule has 4 rings (SSSR count). The van der Waals surface area contributed by atoms with Gasteiger partial charge in [0.05, 0.1) is 5.56 Å². The highest BCUT2D eigenvalue weighted by Crippen LogP contribution is 2.33. The molecule has 0 spiro atoms. The van der Waals surface area contributed by atoms with E-state index in [0.29, 0.717) is 60.1 Å². The molecule has 7 nitrogen and oxygen atoms in total. The van der Waals surface area contributed by atoms with Crippen molar-refractivity contribution in [2.24, 2.45) is 0 Å². The second-order valence-corrected chi connectivity index (χ2v) is 9.70. The molecule has 1 amide bonds. The smallest absolute Gasteiger partial charge is 0.257 e. The first-order chi connectivity index (χ1) is 18.2. The third kappa shape index (κ3) is 6.05. The largest absolute Gasteiger partial charge is 0.483 e. The molecule has 2 N–H and O–H groups in total. The maximum atomic E-state index is 15.3. The van der Waals surface area contributed by atoms with Gasteiger partial charge >= 0.3 is 0 Å². The summed E-state index contributed by atoms with van der Waals surface area (Å²) >= 11 is 0. The quantitative estimate of drug-likeness (QED) is 0.398. The number of aromatic nitrogens is 1. The zero-order chi connectivity index (χ0) is 27.3. The minimum Gasteiger partial charge on any atom is -0.483 e. The monoisotopic (exact) mass is 523 g/mol. The number of fused-ring (bicyclic) bond motifs is 1. The lowest BCUT2D eigenvalue weighted by Crippen LogP contribution is -2.34. The number of benzene rings is 2. The number of rotatable bonds is 10. The van der Waals surface area contributed by atoms with Gasteiger partial charge in [-0.1, -0.05) is 18.2 Å². The lowest BCUT2D eigenvalue weighted by Gasteiger charge is -2.32. The van der Waals surface area contributed by atoms with Crippen molar-refractivity contribution in [3.63, 3.8) is 0 Å². The number of anilines is 2. The van der Waals surface area contributed by atoms with Crippen LogP contribution in [0.4, 0.5) is 20.4 Å². The fraction of sp³-hybridized carbons (Fsp3) is 0.379. The molecule has 38 heavy (non-hydrogen) atoms. The third-order valence-electron chi connectivity index (χ3n) is 6.83. The number of hydrogen-bond acceptors (Lipinski definition) is 6. The molecule has 0 saturated carbocycles. The molecule has 1 aliphatic heterocycles. The summed E-state index contributed by atoms with van der Waals surface area (Å²) in [5.74, 6) is 0.640. The number of ether oxygens (including phenoxy) is 1. The van der Waals surface area contributed by atoms with E-state index in [1.165, 1.54) is 18.2 Å². The minimum atomic E-state index is -0.868. The maximum absolute atomic E-state index is 15.3.